The number of rotatable bonds is 4. The number of carbonyl (C=O) groups is 2. The molecule has 12 nitrogen and oxygen atoms in total. The number of fused-ring (bicyclic) bond motifs is 7. The summed E-state index contributed by atoms with van der Waals surface area (Å²) in [6.07, 6.45) is -5.35. The van der Waals surface area contributed by atoms with Crippen molar-refractivity contribution in [2.45, 2.75) is 142 Å². The molecular formula is C36H56O12. The summed E-state index contributed by atoms with van der Waals surface area (Å²) in [6.45, 7) is 11.4. The van der Waals surface area contributed by atoms with Gasteiger partial charge < -0.3 is 50.3 Å². The molecule has 6 rings (SSSR count). The van der Waals surface area contributed by atoms with E-state index in [4.69, 9.17) is 9.47 Å². The molecular weight excluding hydrogens is 624 g/mol. The molecule has 0 amide bonds. The van der Waals surface area contributed by atoms with E-state index in [9.17, 15) is 50.4 Å². The second kappa shape index (κ2) is 11.4. The highest BCUT2D eigenvalue weighted by Gasteiger charge is 2.73. The maximum absolute atomic E-state index is 14.4. The highest BCUT2D eigenvalue weighted by Crippen LogP contribution is 2.76. The van der Waals surface area contributed by atoms with E-state index in [1.165, 1.54) is 0 Å². The number of esters is 1. The lowest BCUT2D eigenvalue weighted by Crippen LogP contribution is -2.69. The molecule has 0 radical (unpaired) electrons. The van der Waals surface area contributed by atoms with Gasteiger partial charge in [0, 0.05) is 5.92 Å². The van der Waals surface area contributed by atoms with Crippen molar-refractivity contribution in [2.75, 3.05) is 6.61 Å². The maximum atomic E-state index is 14.4. The number of hydrogen-bond donors (Lipinski definition) is 8. The third-order valence-corrected chi connectivity index (χ3v) is 15.4. The van der Waals surface area contributed by atoms with Gasteiger partial charge >= 0.3 is 11.9 Å². The zero-order chi connectivity index (χ0) is 35.6. The van der Waals surface area contributed by atoms with Gasteiger partial charge in [0.15, 0.2) is 0 Å². The summed E-state index contributed by atoms with van der Waals surface area (Å²) in [6, 6.07) is 0. The van der Waals surface area contributed by atoms with Crippen molar-refractivity contribution < 1.29 is 59.9 Å². The number of allylic oxidation sites excluding steroid dienone is 1. The van der Waals surface area contributed by atoms with E-state index in [0.29, 0.717) is 44.9 Å². The Morgan fingerprint density at radius 2 is 1.50 bits per heavy atom. The van der Waals surface area contributed by atoms with Gasteiger partial charge in [0.05, 0.1) is 35.7 Å². The standard InChI is InChI=1S/C36H56O12/c1-31(2)11-13-36(30(46)48-28-25(41)24(40)23(39)19(16-37)47-28)14-12-33(4)17(22(36)27(31)43)7-8-20-32(3)15-18(38)26(42)35(6,29(44)45)21(32)9-10-34(20,33)5/h7,18-28,37-43H,8-16H2,1-6H3,(H,44,45)/t18-,19-,20-,21+,22+,23-,24+,25-,26+,27+,28+,32-,33-,34-,35-,36+/m1/s1. The Labute approximate surface area is 282 Å². The van der Waals surface area contributed by atoms with Gasteiger partial charge in [-0.25, -0.2) is 0 Å². The zero-order valence-corrected chi connectivity index (χ0v) is 29.0. The average molecular weight is 681 g/mol. The van der Waals surface area contributed by atoms with E-state index in [2.05, 4.69) is 26.8 Å². The topological polar surface area (TPSA) is 214 Å². The molecule has 0 unspecified atom stereocenters. The van der Waals surface area contributed by atoms with Crippen molar-refractivity contribution in [2.24, 2.45) is 50.2 Å². The van der Waals surface area contributed by atoms with Crippen LogP contribution in [-0.4, -0.2) is 108 Å². The van der Waals surface area contributed by atoms with Crippen LogP contribution in [0.3, 0.4) is 0 Å². The van der Waals surface area contributed by atoms with Crippen LogP contribution in [0, 0.1) is 50.2 Å². The van der Waals surface area contributed by atoms with Gasteiger partial charge in [-0.3, -0.25) is 9.59 Å². The summed E-state index contributed by atoms with van der Waals surface area (Å²) in [5, 5.41) is 85.7. The number of ether oxygens (including phenoxy) is 2. The minimum atomic E-state index is -1.74. The molecule has 1 heterocycles. The number of hydrogen-bond acceptors (Lipinski definition) is 11. The predicted molar refractivity (Wildman–Crippen MR) is 170 cm³/mol. The molecule has 48 heavy (non-hydrogen) atoms. The molecule has 16 atom stereocenters. The van der Waals surface area contributed by atoms with Crippen LogP contribution < -0.4 is 0 Å². The smallest absolute Gasteiger partial charge is 0.315 e. The summed E-state index contributed by atoms with van der Waals surface area (Å²) >= 11 is 0. The molecule has 1 aliphatic heterocycles. The summed E-state index contributed by atoms with van der Waals surface area (Å²) in [5.74, 6) is -2.82. The quantitative estimate of drug-likeness (QED) is 0.157. The van der Waals surface area contributed by atoms with Crippen LogP contribution in [0.15, 0.2) is 11.6 Å². The van der Waals surface area contributed by atoms with Crippen molar-refractivity contribution in [3.8, 4) is 0 Å². The van der Waals surface area contributed by atoms with Crippen LogP contribution in [0.1, 0.15) is 92.9 Å². The number of aliphatic hydroxyl groups is 7. The van der Waals surface area contributed by atoms with Crippen molar-refractivity contribution >= 4 is 11.9 Å². The largest absolute Gasteiger partial charge is 0.481 e. The summed E-state index contributed by atoms with van der Waals surface area (Å²) in [7, 11) is 0. The zero-order valence-electron chi connectivity index (χ0n) is 29.0. The number of aliphatic hydroxyl groups excluding tert-OH is 7. The lowest BCUT2D eigenvalue weighted by atomic mass is 9.33. The third kappa shape index (κ3) is 4.55. The molecule has 0 aromatic carbocycles. The number of carboxylic acid groups (broad SMARTS) is 1. The van der Waals surface area contributed by atoms with Crippen molar-refractivity contribution in [3.05, 3.63) is 11.6 Å². The summed E-state index contributed by atoms with van der Waals surface area (Å²) < 4.78 is 11.4. The molecule has 0 aromatic heterocycles. The summed E-state index contributed by atoms with van der Waals surface area (Å²) in [4.78, 5) is 27.2. The normalized spacial score (nSPS) is 54.4. The molecule has 0 bridgehead atoms. The van der Waals surface area contributed by atoms with Crippen LogP contribution in [0.2, 0.25) is 0 Å². The Kier molecular flexibility index (Phi) is 8.61. The Hall–Kier alpha value is -1.64. The third-order valence-electron chi connectivity index (χ3n) is 15.4. The lowest BCUT2D eigenvalue weighted by molar-refractivity contribution is -0.298. The van der Waals surface area contributed by atoms with E-state index in [1.54, 1.807) is 6.92 Å². The Morgan fingerprint density at radius 3 is 2.12 bits per heavy atom. The van der Waals surface area contributed by atoms with Gasteiger partial charge in [0.25, 0.3) is 0 Å². The van der Waals surface area contributed by atoms with Crippen molar-refractivity contribution in [1.82, 2.24) is 0 Å². The second-order valence-electron chi connectivity index (χ2n) is 17.8. The first-order valence-corrected chi connectivity index (χ1v) is 17.7. The minimum absolute atomic E-state index is 0.0411. The average Bonchev–Trinajstić information content (AvgIpc) is 3.02. The van der Waals surface area contributed by atoms with Crippen LogP contribution in [0.5, 0.6) is 0 Å². The molecule has 12 heteroatoms. The molecule has 0 spiro atoms. The maximum Gasteiger partial charge on any atom is 0.315 e. The monoisotopic (exact) mass is 680 g/mol. The fraction of sp³-hybridized carbons (Fsp3) is 0.889. The van der Waals surface area contributed by atoms with Crippen molar-refractivity contribution in [1.29, 1.82) is 0 Å². The predicted octanol–water partition coefficient (Wildman–Crippen LogP) is 1.50. The number of carboxylic acids is 1. The fourth-order valence-electron chi connectivity index (χ4n) is 12.1. The van der Waals surface area contributed by atoms with E-state index in [-0.39, 0.29) is 18.3 Å². The Morgan fingerprint density at radius 1 is 0.854 bits per heavy atom. The van der Waals surface area contributed by atoms with Gasteiger partial charge in [-0.2, -0.15) is 0 Å². The number of aliphatic carboxylic acids is 1. The lowest BCUT2D eigenvalue weighted by Gasteiger charge is -2.71. The molecule has 0 aromatic rings. The summed E-state index contributed by atoms with van der Waals surface area (Å²) in [5.41, 5.74) is -3.75. The van der Waals surface area contributed by atoms with Crippen LogP contribution in [0.25, 0.3) is 0 Å². The SMILES string of the molecule is CC1(C)CC[C@]2(C(=O)O[C@@H]3O[C@H](CO)[C@@H](O)[C@H](O)[C@H]3O)CC[C@]3(C)C(=CC[C@@H]4[C@@]5(C)C[C@@H](O)[C@H](O)[C@](C)(C(=O)O)[C@H]5CC[C@]43C)[C@H]2[C@@H]1O. The van der Waals surface area contributed by atoms with Crippen LogP contribution in [0.4, 0.5) is 0 Å². The number of carbonyl (C=O) groups excluding carboxylic acids is 1. The highest BCUT2D eigenvalue weighted by atomic mass is 16.7. The molecule has 8 N–H and O–H groups in total. The Balaban J connectivity index is 1.40. The van der Waals surface area contributed by atoms with Gasteiger partial charge in [-0.15, -0.1) is 0 Å². The minimum Gasteiger partial charge on any atom is -0.481 e. The molecule has 6 aliphatic rings. The second-order valence-corrected chi connectivity index (χ2v) is 17.8. The van der Waals surface area contributed by atoms with E-state index in [0.717, 1.165) is 5.57 Å². The molecule has 5 aliphatic carbocycles. The van der Waals surface area contributed by atoms with Gasteiger partial charge in [-0.1, -0.05) is 46.3 Å². The molecule has 5 fully saturated rings. The molecule has 272 valence electrons. The van der Waals surface area contributed by atoms with Gasteiger partial charge in [-0.05, 0) is 91.8 Å². The van der Waals surface area contributed by atoms with Gasteiger partial charge in [0.1, 0.15) is 24.4 Å². The van der Waals surface area contributed by atoms with Crippen LogP contribution in [-0.2, 0) is 19.1 Å². The van der Waals surface area contributed by atoms with Crippen LogP contribution >= 0.6 is 0 Å². The van der Waals surface area contributed by atoms with E-state index in [1.807, 2.05) is 13.8 Å². The van der Waals surface area contributed by atoms with E-state index >= 15 is 0 Å². The first kappa shape index (κ1) is 36.2. The van der Waals surface area contributed by atoms with Gasteiger partial charge in [0.2, 0.25) is 6.29 Å². The molecule has 4 saturated carbocycles. The highest BCUT2D eigenvalue weighted by molar-refractivity contribution is 5.79. The first-order chi connectivity index (χ1) is 22.2. The van der Waals surface area contributed by atoms with Crippen molar-refractivity contribution in [3.63, 3.8) is 0 Å². The first-order valence-electron chi connectivity index (χ1n) is 17.7. The van der Waals surface area contributed by atoms with E-state index < -0.39 is 106 Å². The fourth-order valence-corrected chi connectivity index (χ4v) is 12.1. The Bertz CT molecular complexity index is 1350. The molecule has 1 saturated heterocycles.